The van der Waals surface area contributed by atoms with Crippen LogP contribution in [-0.4, -0.2) is 64.7 Å². The second kappa shape index (κ2) is 8.01. The van der Waals surface area contributed by atoms with E-state index < -0.39 is 17.8 Å². The third-order valence-corrected chi connectivity index (χ3v) is 6.36. The summed E-state index contributed by atoms with van der Waals surface area (Å²) in [5.74, 6) is -1.01. The second-order valence-electron chi connectivity index (χ2n) is 8.47. The first-order valence-corrected chi connectivity index (χ1v) is 10.7. The maximum atomic E-state index is 14.5. The predicted octanol–water partition coefficient (Wildman–Crippen LogP) is 1.21. The number of carbonyl (C=O) groups excluding carboxylic acids is 3. The van der Waals surface area contributed by atoms with Crippen molar-refractivity contribution in [1.82, 2.24) is 20.1 Å². The van der Waals surface area contributed by atoms with E-state index in [1.165, 1.54) is 17.0 Å². The number of aromatic nitrogens is 1. The van der Waals surface area contributed by atoms with Gasteiger partial charge >= 0.3 is 0 Å². The molecular formula is C22H24FN5O4. The Kier molecular flexibility index (Phi) is 5.16. The minimum absolute atomic E-state index is 0.185. The molecule has 4 heterocycles. The molecule has 1 aromatic carbocycles. The minimum Gasteiger partial charge on any atom is -0.449 e. The third kappa shape index (κ3) is 3.75. The van der Waals surface area contributed by atoms with Crippen LogP contribution in [0.5, 0.6) is 0 Å². The molecule has 0 saturated carbocycles. The molecule has 1 N–H and O–H groups in total. The lowest BCUT2D eigenvalue weighted by molar-refractivity contribution is -0.136. The Labute approximate surface area is 184 Å². The number of oxazole rings is 1. The predicted molar refractivity (Wildman–Crippen MR) is 111 cm³/mol. The minimum atomic E-state index is -0.716. The number of nitrogens with one attached hydrogen (secondary N) is 1. The van der Waals surface area contributed by atoms with Crippen LogP contribution in [0.2, 0.25) is 0 Å². The van der Waals surface area contributed by atoms with Crippen LogP contribution in [0.1, 0.15) is 40.3 Å². The molecule has 5 rings (SSSR count). The van der Waals surface area contributed by atoms with Crippen molar-refractivity contribution in [2.45, 2.75) is 38.9 Å². The van der Waals surface area contributed by atoms with E-state index in [0.717, 1.165) is 24.3 Å². The molecule has 0 bridgehead atoms. The number of nitrogens with zero attached hydrogens (tertiary/aromatic N) is 4. The average molecular weight is 441 g/mol. The molecule has 0 radical (unpaired) electrons. The number of hydrogen-bond donors (Lipinski definition) is 1. The number of hydrogen-bond acceptors (Lipinski definition) is 7. The van der Waals surface area contributed by atoms with Crippen LogP contribution in [0.3, 0.4) is 0 Å². The van der Waals surface area contributed by atoms with E-state index in [2.05, 4.69) is 20.1 Å². The summed E-state index contributed by atoms with van der Waals surface area (Å²) in [4.78, 5) is 46.9. The Morgan fingerprint density at radius 2 is 1.97 bits per heavy atom. The zero-order valence-electron chi connectivity index (χ0n) is 17.8. The van der Waals surface area contributed by atoms with Crippen LogP contribution >= 0.6 is 0 Å². The van der Waals surface area contributed by atoms with Crippen LogP contribution in [0.4, 0.5) is 10.1 Å². The fraction of sp³-hybridized carbons (Fsp3) is 0.455. The van der Waals surface area contributed by atoms with Gasteiger partial charge in [0, 0.05) is 69.4 Å². The molecule has 2 saturated heterocycles. The smallest absolute Gasteiger partial charge is 0.255 e. The monoisotopic (exact) mass is 441 g/mol. The molecule has 3 amide bonds. The van der Waals surface area contributed by atoms with Crippen molar-refractivity contribution in [3.8, 4) is 0 Å². The van der Waals surface area contributed by atoms with Crippen LogP contribution in [0.15, 0.2) is 22.8 Å². The van der Waals surface area contributed by atoms with Gasteiger partial charge in [-0.3, -0.25) is 24.6 Å². The molecule has 3 aliphatic rings. The number of amides is 3. The Morgan fingerprint density at radius 3 is 2.66 bits per heavy atom. The van der Waals surface area contributed by atoms with Crippen molar-refractivity contribution < 1.29 is 23.2 Å². The normalized spacial score (nSPS) is 21.8. The topological polar surface area (TPSA) is 99.0 Å². The Balaban J connectivity index is 1.32. The van der Waals surface area contributed by atoms with Gasteiger partial charge in [0.1, 0.15) is 18.1 Å². The highest BCUT2D eigenvalue weighted by molar-refractivity contribution is 6.06. The summed E-state index contributed by atoms with van der Waals surface area (Å²) in [6.07, 6.45) is 2.13. The van der Waals surface area contributed by atoms with E-state index in [0.29, 0.717) is 36.8 Å². The van der Waals surface area contributed by atoms with Gasteiger partial charge in [-0.05, 0) is 18.6 Å². The number of piperidine rings is 1. The molecule has 0 spiro atoms. The highest BCUT2D eigenvalue weighted by atomic mass is 19.1. The van der Waals surface area contributed by atoms with Gasteiger partial charge in [-0.15, -0.1) is 0 Å². The summed E-state index contributed by atoms with van der Waals surface area (Å²) in [6.45, 7) is 5.62. The number of anilines is 1. The largest absolute Gasteiger partial charge is 0.449 e. The number of rotatable bonds is 4. The summed E-state index contributed by atoms with van der Waals surface area (Å²) < 4.78 is 19.7. The number of halogens is 1. The SMILES string of the molecule is Cc1nc(CN2CCN(c3cc(F)cc4c3CN(C3CCC(=O)NC3=O)C4=O)CC2)co1. The van der Waals surface area contributed by atoms with Gasteiger partial charge in [0.2, 0.25) is 11.8 Å². The third-order valence-electron chi connectivity index (χ3n) is 6.36. The van der Waals surface area contributed by atoms with Gasteiger partial charge in [-0.25, -0.2) is 9.37 Å². The average Bonchev–Trinajstić information content (AvgIpc) is 3.31. The fourth-order valence-corrected chi connectivity index (χ4v) is 4.75. The lowest BCUT2D eigenvalue weighted by Gasteiger charge is -2.36. The number of fused-ring (bicyclic) bond motifs is 1. The standard InChI is InChI=1S/C22H24FN5O4/c1-13-24-15(12-32-13)10-26-4-6-27(7-5-26)19-9-14(23)8-16-17(19)11-28(22(16)31)18-2-3-20(29)25-21(18)30/h8-9,12,18H,2-7,10-11H2,1H3,(H,25,29,30). The molecule has 10 heteroatoms. The van der Waals surface area contributed by atoms with Gasteiger partial charge in [-0.1, -0.05) is 0 Å². The first kappa shape index (κ1) is 20.6. The zero-order valence-corrected chi connectivity index (χ0v) is 17.8. The van der Waals surface area contributed by atoms with Crippen molar-refractivity contribution >= 4 is 23.4 Å². The highest BCUT2D eigenvalue weighted by Crippen LogP contribution is 2.35. The van der Waals surface area contributed by atoms with E-state index in [9.17, 15) is 18.8 Å². The summed E-state index contributed by atoms with van der Waals surface area (Å²) in [7, 11) is 0. The Bertz CT molecular complexity index is 1090. The van der Waals surface area contributed by atoms with Crippen LogP contribution in [0, 0.1) is 12.7 Å². The molecular weight excluding hydrogens is 417 g/mol. The van der Waals surface area contributed by atoms with Crippen LogP contribution in [-0.2, 0) is 22.7 Å². The van der Waals surface area contributed by atoms with E-state index in [4.69, 9.17) is 4.42 Å². The number of carbonyl (C=O) groups is 3. The van der Waals surface area contributed by atoms with Crippen LogP contribution < -0.4 is 10.2 Å². The van der Waals surface area contributed by atoms with Crippen molar-refractivity contribution in [3.63, 3.8) is 0 Å². The van der Waals surface area contributed by atoms with E-state index in [1.807, 2.05) is 6.92 Å². The van der Waals surface area contributed by atoms with Crippen LogP contribution in [0.25, 0.3) is 0 Å². The lowest BCUT2D eigenvalue weighted by Crippen LogP contribution is -2.52. The first-order chi connectivity index (χ1) is 15.4. The number of imide groups is 1. The summed E-state index contributed by atoms with van der Waals surface area (Å²) in [5, 5.41) is 2.30. The fourth-order valence-electron chi connectivity index (χ4n) is 4.75. The van der Waals surface area contributed by atoms with Gasteiger partial charge < -0.3 is 14.2 Å². The number of aryl methyl sites for hydroxylation is 1. The van der Waals surface area contributed by atoms with Gasteiger partial charge in [0.05, 0.1) is 5.69 Å². The molecule has 168 valence electrons. The summed E-state index contributed by atoms with van der Waals surface area (Å²) in [5.41, 5.74) is 2.61. The molecule has 2 fully saturated rings. The highest BCUT2D eigenvalue weighted by Gasteiger charge is 2.41. The van der Waals surface area contributed by atoms with E-state index >= 15 is 0 Å². The lowest BCUT2D eigenvalue weighted by atomic mass is 10.0. The summed E-state index contributed by atoms with van der Waals surface area (Å²) >= 11 is 0. The molecule has 1 atom stereocenters. The van der Waals surface area contributed by atoms with E-state index in [-0.39, 0.29) is 31.2 Å². The number of benzene rings is 1. The molecule has 1 aromatic heterocycles. The Morgan fingerprint density at radius 1 is 1.19 bits per heavy atom. The molecule has 32 heavy (non-hydrogen) atoms. The molecule has 1 unspecified atom stereocenters. The zero-order chi connectivity index (χ0) is 22.4. The van der Waals surface area contributed by atoms with Crippen molar-refractivity contribution in [1.29, 1.82) is 0 Å². The number of piperazine rings is 1. The van der Waals surface area contributed by atoms with Crippen molar-refractivity contribution in [2.75, 3.05) is 31.1 Å². The quantitative estimate of drug-likeness (QED) is 0.712. The maximum absolute atomic E-state index is 14.5. The molecule has 2 aromatic rings. The van der Waals surface area contributed by atoms with Gasteiger partial charge in [-0.2, -0.15) is 0 Å². The molecule has 0 aliphatic carbocycles. The van der Waals surface area contributed by atoms with Crippen molar-refractivity contribution in [3.05, 3.63) is 46.9 Å². The van der Waals surface area contributed by atoms with Gasteiger partial charge in [0.15, 0.2) is 5.89 Å². The molecule has 9 nitrogen and oxygen atoms in total. The van der Waals surface area contributed by atoms with Crippen molar-refractivity contribution in [2.24, 2.45) is 0 Å². The maximum Gasteiger partial charge on any atom is 0.255 e. The first-order valence-electron chi connectivity index (χ1n) is 10.7. The second-order valence-corrected chi connectivity index (χ2v) is 8.47. The molecule has 3 aliphatic heterocycles. The van der Waals surface area contributed by atoms with E-state index in [1.54, 1.807) is 6.26 Å². The summed E-state index contributed by atoms with van der Waals surface area (Å²) in [6, 6.07) is 2.00. The van der Waals surface area contributed by atoms with Gasteiger partial charge in [0.25, 0.3) is 5.91 Å². The Hall–Kier alpha value is -3.27.